The van der Waals surface area contributed by atoms with Crippen molar-refractivity contribution >= 4 is 11.8 Å². The highest BCUT2D eigenvalue weighted by Crippen LogP contribution is 2.28. The molecule has 7 heteroatoms. The molecular weight excluding hydrogens is 346 g/mol. The van der Waals surface area contributed by atoms with Gasteiger partial charge in [0.05, 0.1) is 12.2 Å². The van der Waals surface area contributed by atoms with Gasteiger partial charge in [-0.3, -0.25) is 9.47 Å². The third kappa shape index (κ3) is 3.54. The molecule has 0 atom stereocenters. The first-order chi connectivity index (χ1) is 12.7. The fourth-order valence-electron chi connectivity index (χ4n) is 3.32. The number of rotatable bonds is 6. The second kappa shape index (κ2) is 7.63. The zero-order chi connectivity index (χ0) is 17.9. The lowest BCUT2D eigenvalue weighted by Crippen LogP contribution is -2.21. The van der Waals surface area contributed by atoms with Crippen LogP contribution >= 0.6 is 11.8 Å². The van der Waals surface area contributed by atoms with Crippen LogP contribution in [-0.2, 0) is 12.3 Å². The molecule has 6 nitrogen and oxygen atoms in total. The van der Waals surface area contributed by atoms with Gasteiger partial charge in [0.1, 0.15) is 5.76 Å². The Balaban J connectivity index is 1.62. The molecule has 0 saturated carbocycles. The highest BCUT2D eigenvalue weighted by atomic mass is 32.2. The van der Waals surface area contributed by atoms with E-state index in [2.05, 4.69) is 49.1 Å². The Labute approximate surface area is 157 Å². The van der Waals surface area contributed by atoms with E-state index in [4.69, 9.17) is 4.52 Å². The lowest BCUT2D eigenvalue weighted by Gasteiger charge is -2.15. The average molecular weight is 369 g/mol. The molecule has 136 valence electrons. The predicted octanol–water partition coefficient (Wildman–Crippen LogP) is 3.76. The first-order valence-electron chi connectivity index (χ1n) is 8.99. The minimum Gasteiger partial charge on any atom is -0.361 e. The van der Waals surface area contributed by atoms with E-state index in [1.54, 1.807) is 11.8 Å². The molecule has 0 spiro atoms. The highest BCUT2D eigenvalue weighted by Gasteiger charge is 2.20. The zero-order valence-electron chi connectivity index (χ0n) is 15.2. The SMILES string of the molecule is Cc1noc(C)c1CSc1nnc(CN2CCCC2)n1-c1ccccc1. The van der Waals surface area contributed by atoms with Gasteiger partial charge < -0.3 is 4.52 Å². The number of likely N-dealkylation sites (tertiary alicyclic amines) is 1. The summed E-state index contributed by atoms with van der Waals surface area (Å²) in [6.07, 6.45) is 2.54. The topological polar surface area (TPSA) is 60.0 Å². The molecule has 0 aliphatic carbocycles. The zero-order valence-corrected chi connectivity index (χ0v) is 16.0. The van der Waals surface area contributed by atoms with Gasteiger partial charge in [0, 0.05) is 17.0 Å². The second-order valence-corrected chi connectivity index (χ2v) is 7.59. The van der Waals surface area contributed by atoms with Gasteiger partial charge in [-0.2, -0.15) is 0 Å². The number of aromatic nitrogens is 4. The van der Waals surface area contributed by atoms with Gasteiger partial charge in [-0.05, 0) is 51.9 Å². The summed E-state index contributed by atoms with van der Waals surface area (Å²) in [5, 5.41) is 14.0. The maximum atomic E-state index is 5.28. The van der Waals surface area contributed by atoms with Crippen molar-refractivity contribution < 1.29 is 4.52 Å². The van der Waals surface area contributed by atoms with E-state index in [-0.39, 0.29) is 0 Å². The van der Waals surface area contributed by atoms with Crippen LogP contribution < -0.4 is 0 Å². The molecule has 0 N–H and O–H groups in total. The van der Waals surface area contributed by atoms with Crippen molar-refractivity contribution in [3.63, 3.8) is 0 Å². The van der Waals surface area contributed by atoms with Crippen LogP contribution in [-0.4, -0.2) is 37.9 Å². The number of benzene rings is 1. The highest BCUT2D eigenvalue weighted by molar-refractivity contribution is 7.98. The van der Waals surface area contributed by atoms with Crippen molar-refractivity contribution in [3.05, 3.63) is 53.2 Å². The van der Waals surface area contributed by atoms with Crippen LogP contribution in [0.25, 0.3) is 5.69 Å². The van der Waals surface area contributed by atoms with Gasteiger partial charge in [-0.1, -0.05) is 35.1 Å². The number of hydrogen-bond donors (Lipinski definition) is 0. The summed E-state index contributed by atoms with van der Waals surface area (Å²) in [5.41, 5.74) is 3.18. The number of para-hydroxylation sites is 1. The van der Waals surface area contributed by atoms with Crippen LogP contribution in [0.4, 0.5) is 0 Å². The Bertz CT molecular complexity index is 848. The van der Waals surface area contributed by atoms with E-state index in [1.807, 2.05) is 19.9 Å². The molecule has 0 bridgehead atoms. The van der Waals surface area contributed by atoms with Crippen molar-refractivity contribution in [1.29, 1.82) is 0 Å². The van der Waals surface area contributed by atoms with E-state index in [9.17, 15) is 0 Å². The summed E-state index contributed by atoms with van der Waals surface area (Å²) in [6.45, 7) is 7.06. The van der Waals surface area contributed by atoms with Crippen LogP contribution in [0.15, 0.2) is 40.0 Å². The van der Waals surface area contributed by atoms with Crippen molar-refractivity contribution in [1.82, 2.24) is 24.8 Å². The second-order valence-electron chi connectivity index (χ2n) is 6.64. The monoisotopic (exact) mass is 369 g/mol. The number of aryl methyl sites for hydroxylation is 2. The van der Waals surface area contributed by atoms with Crippen LogP contribution in [0.2, 0.25) is 0 Å². The molecule has 0 unspecified atom stereocenters. The molecule has 3 heterocycles. The summed E-state index contributed by atoms with van der Waals surface area (Å²) in [7, 11) is 0. The van der Waals surface area contributed by atoms with E-state index in [0.29, 0.717) is 0 Å². The number of nitrogens with zero attached hydrogens (tertiary/aromatic N) is 5. The Morgan fingerprint density at radius 1 is 1.08 bits per heavy atom. The molecule has 4 rings (SSSR count). The lowest BCUT2D eigenvalue weighted by molar-refractivity contribution is 0.319. The van der Waals surface area contributed by atoms with Gasteiger partial charge in [0.2, 0.25) is 0 Å². The van der Waals surface area contributed by atoms with Crippen molar-refractivity contribution in [2.45, 2.75) is 44.1 Å². The van der Waals surface area contributed by atoms with Crippen molar-refractivity contribution in [2.75, 3.05) is 13.1 Å². The third-order valence-electron chi connectivity index (χ3n) is 4.81. The first kappa shape index (κ1) is 17.3. The molecule has 0 amide bonds. The standard InChI is InChI=1S/C19H23N5OS/c1-14-17(15(2)25-22-14)13-26-19-21-20-18(12-23-10-6-7-11-23)24(19)16-8-4-3-5-9-16/h3-5,8-9H,6-7,10-13H2,1-2H3. The smallest absolute Gasteiger partial charge is 0.196 e. The fraction of sp³-hybridized carbons (Fsp3) is 0.421. The molecule has 2 aromatic heterocycles. The first-order valence-corrected chi connectivity index (χ1v) is 9.97. The summed E-state index contributed by atoms with van der Waals surface area (Å²) in [5.74, 6) is 2.65. The summed E-state index contributed by atoms with van der Waals surface area (Å²) < 4.78 is 7.46. The maximum absolute atomic E-state index is 5.28. The minimum atomic E-state index is 0.774. The average Bonchev–Trinajstić information content (AvgIpc) is 3.37. The largest absolute Gasteiger partial charge is 0.361 e. The lowest BCUT2D eigenvalue weighted by atomic mass is 10.2. The van der Waals surface area contributed by atoms with Gasteiger partial charge >= 0.3 is 0 Å². The van der Waals surface area contributed by atoms with E-state index in [0.717, 1.165) is 59.1 Å². The normalized spacial score (nSPS) is 15.0. The van der Waals surface area contributed by atoms with E-state index >= 15 is 0 Å². The Morgan fingerprint density at radius 3 is 2.54 bits per heavy atom. The van der Waals surface area contributed by atoms with Crippen LogP contribution in [0.3, 0.4) is 0 Å². The fourth-order valence-corrected chi connectivity index (χ4v) is 4.44. The molecule has 0 radical (unpaired) electrons. The minimum absolute atomic E-state index is 0.774. The van der Waals surface area contributed by atoms with E-state index < -0.39 is 0 Å². The Hall–Kier alpha value is -2.12. The molecule has 1 saturated heterocycles. The molecular formula is C19H23N5OS. The molecule has 26 heavy (non-hydrogen) atoms. The third-order valence-corrected chi connectivity index (χ3v) is 5.76. The molecule has 1 aromatic carbocycles. The summed E-state index contributed by atoms with van der Waals surface area (Å²) in [6, 6.07) is 10.4. The van der Waals surface area contributed by atoms with E-state index in [1.165, 1.54) is 12.8 Å². The van der Waals surface area contributed by atoms with Gasteiger partial charge in [0.25, 0.3) is 0 Å². The summed E-state index contributed by atoms with van der Waals surface area (Å²) >= 11 is 1.68. The van der Waals surface area contributed by atoms with Gasteiger partial charge in [-0.15, -0.1) is 10.2 Å². The molecule has 3 aromatic rings. The molecule has 1 aliphatic rings. The number of hydrogen-bond acceptors (Lipinski definition) is 6. The van der Waals surface area contributed by atoms with Crippen LogP contribution in [0.5, 0.6) is 0 Å². The van der Waals surface area contributed by atoms with Crippen molar-refractivity contribution in [3.8, 4) is 5.69 Å². The van der Waals surface area contributed by atoms with Crippen LogP contribution in [0.1, 0.15) is 35.7 Å². The molecule has 1 aliphatic heterocycles. The Kier molecular flexibility index (Phi) is 5.08. The Morgan fingerprint density at radius 2 is 1.85 bits per heavy atom. The molecule has 1 fully saturated rings. The number of thioether (sulfide) groups is 1. The maximum Gasteiger partial charge on any atom is 0.196 e. The summed E-state index contributed by atoms with van der Waals surface area (Å²) in [4.78, 5) is 2.45. The van der Waals surface area contributed by atoms with Gasteiger partial charge in [0.15, 0.2) is 11.0 Å². The predicted molar refractivity (Wildman–Crippen MR) is 101 cm³/mol. The van der Waals surface area contributed by atoms with Gasteiger partial charge in [-0.25, -0.2) is 0 Å². The van der Waals surface area contributed by atoms with Crippen molar-refractivity contribution in [2.24, 2.45) is 0 Å². The quantitative estimate of drug-likeness (QED) is 0.617. The van der Waals surface area contributed by atoms with Crippen LogP contribution in [0, 0.1) is 13.8 Å².